The normalized spacial score (nSPS) is 18.0. The number of amides is 1. The summed E-state index contributed by atoms with van der Waals surface area (Å²) in [6, 6.07) is 7.96. The molecule has 0 aliphatic carbocycles. The predicted octanol–water partition coefficient (Wildman–Crippen LogP) is 4.42. The van der Waals surface area contributed by atoms with Crippen molar-refractivity contribution in [2.45, 2.75) is 42.0 Å². The second-order valence-electron chi connectivity index (χ2n) is 6.67. The van der Waals surface area contributed by atoms with Gasteiger partial charge in [-0.05, 0) is 18.9 Å². The lowest BCUT2D eigenvalue weighted by molar-refractivity contribution is -0.143. The van der Waals surface area contributed by atoms with Gasteiger partial charge in [0.15, 0.2) is 0 Å². The van der Waals surface area contributed by atoms with Crippen molar-refractivity contribution < 1.29 is 19.8 Å². The molecule has 1 aliphatic heterocycles. The summed E-state index contributed by atoms with van der Waals surface area (Å²) < 4.78 is 2.13. The molecule has 0 radical (unpaired) electrons. The molecule has 2 atom stereocenters. The third kappa shape index (κ3) is 5.29. The standard InChI is InChI=1S/C20H22ClNO4S2/c21-19-15-5-1-2-6-16(15)28-20(19)27-12-14(23)9-8-13-11-17(24)22(13)10-4-3-7-18(25)26/h1-2,5-6,8-9,13-14,23H,3-4,7,10-12H2,(H,25,26)/b9-8+/t13-,14?/m0/s1. The quantitative estimate of drug-likeness (QED) is 0.248. The molecule has 8 heteroatoms. The second-order valence-corrected chi connectivity index (χ2v) is 9.39. The molecule has 28 heavy (non-hydrogen) atoms. The van der Waals surface area contributed by atoms with Gasteiger partial charge in [0.05, 0.1) is 27.8 Å². The number of carboxylic acid groups (broad SMARTS) is 1. The molecular formula is C20H22ClNO4S2. The molecule has 1 fully saturated rings. The highest BCUT2D eigenvalue weighted by Crippen LogP contribution is 2.41. The molecule has 1 unspecified atom stereocenters. The van der Waals surface area contributed by atoms with Gasteiger partial charge in [0.25, 0.3) is 0 Å². The minimum absolute atomic E-state index is 0.00936. The summed E-state index contributed by atoms with van der Waals surface area (Å²) in [4.78, 5) is 24.0. The number of carbonyl (C=O) groups is 2. The number of nitrogens with zero attached hydrogens (tertiary/aromatic N) is 1. The summed E-state index contributed by atoms with van der Waals surface area (Å²) in [6.07, 6.45) is 4.77. The first-order valence-corrected chi connectivity index (χ1v) is 11.3. The SMILES string of the molecule is O=C(O)CCCCN1C(=O)C[C@@H]1/C=C/C(O)CSc1sc2ccccc2c1Cl. The van der Waals surface area contributed by atoms with E-state index in [-0.39, 0.29) is 18.4 Å². The number of hydrogen-bond acceptors (Lipinski definition) is 5. The first-order chi connectivity index (χ1) is 13.5. The van der Waals surface area contributed by atoms with Gasteiger partial charge in [0, 0.05) is 28.8 Å². The number of carbonyl (C=O) groups excluding carboxylic acids is 1. The maximum Gasteiger partial charge on any atom is 0.303 e. The number of benzene rings is 1. The molecule has 2 aromatic rings. The van der Waals surface area contributed by atoms with E-state index in [0.29, 0.717) is 31.6 Å². The van der Waals surface area contributed by atoms with Gasteiger partial charge in [-0.15, -0.1) is 23.1 Å². The maximum atomic E-state index is 11.7. The van der Waals surface area contributed by atoms with Crippen molar-refractivity contribution in [2.24, 2.45) is 0 Å². The Kier molecular flexibility index (Phi) is 7.40. The van der Waals surface area contributed by atoms with Gasteiger partial charge in [0.2, 0.25) is 5.91 Å². The summed E-state index contributed by atoms with van der Waals surface area (Å²) >= 11 is 9.57. The number of hydrogen-bond donors (Lipinski definition) is 2. The zero-order valence-corrected chi connectivity index (χ0v) is 17.6. The molecular weight excluding hydrogens is 418 g/mol. The Bertz CT molecular complexity index is 882. The van der Waals surface area contributed by atoms with E-state index in [1.165, 1.54) is 11.8 Å². The Hall–Kier alpha value is -1.54. The summed E-state index contributed by atoms with van der Waals surface area (Å²) in [5.41, 5.74) is 0. The number of thiophene rings is 1. The molecule has 0 spiro atoms. The summed E-state index contributed by atoms with van der Waals surface area (Å²) in [6.45, 7) is 0.559. The zero-order valence-electron chi connectivity index (χ0n) is 15.2. The van der Waals surface area contributed by atoms with Crippen molar-refractivity contribution in [1.29, 1.82) is 0 Å². The van der Waals surface area contributed by atoms with Crippen LogP contribution in [0.5, 0.6) is 0 Å². The molecule has 2 N–H and O–H groups in total. The van der Waals surface area contributed by atoms with Crippen LogP contribution < -0.4 is 0 Å². The van der Waals surface area contributed by atoms with Crippen LogP contribution in [0, 0.1) is 0 Å². The number of unbranched alkanes of at least 4 members (excludes halogenated alkanes) is 1. The van der Waals surface area contributed by atoms with Gasteiger partial charge >= 0.3 is 5.97 Å². The molecule has 1 amide bonds. The molecule has 1 saturated heterocycles. The van der Waals surface area contributed by atoms with Gasteiger partial charge in [-0.25, -0.2) is 0 Å². The predicted molar refractivity (Wildman–Crippen MR) is 114 cm³/mol. The van der Waals surface area contributed by atoms with E-state index in [9.17, 15) is 14.7 Å². The van der Waals surface area contributed by atoms with Crippen LogP contribution in [0.25, 0.3) is 10.1 Å². The topological polar surface area (TPSA) is 77.8 Å². The van der Waals surface area contributed by atoms with E-state index in [1.54, 1.807) is 22.3 Å². The van der Waals surface area contributed by atoms with Crippen molar-refractivity contribution in [2.75, 3.05) is 12.3 Å². The average molecular weight is 440 g/mol. The molecule has 0 bridgehead atoms. The summed E-state index contributed by atoms with van der Waals surface area (Å²) in [5, 5.41) is 20.7. The Balaban J connectivity index is 1.46. The number of β-lactam (4-membered cyclic amide) rings is 1. The maximum absolute atomic E-state index is 11.7. The van der Waals surface area contributed by atoms with Crippen molar-refractivity contribution >= 4 is 56.7 Å². The fourth-order valence-corrected chi connectivity index (χ4v) is 5.76. The van der Waals surface area contributed by atoms with Crippen LogP contribution in [0.15, 0.2) is 40.6 Å². The smallest absolute Gasteiger partial charge is 0.303 e. The van der Waals surface area contributed by atoms with E-state index in [1.807, 2.05) is 30.3 Å². The van der Waals surface area contributed by atoms with Crippen molar-refractivity contribution in [1.82, 2.24) is 4.90 Å². The Morgan fingerprint density at radius 3 is 2.89 bits per heavy atom. The monoisotopic (exact) mass is 439 g/mol. The number of aliphatic carboxylic acids is 1. The van der Waals surface area contributed by atoms with Crippen molar-refractivity contribution in [3.8, 4) is 0 Å². The highest BCUT2D eigenvalue weighted by atomic mass is 35.5. The third-order valence-electron chi connectivity index (χ3n) is 4.59. The second kappa shape index (κ2) is 9.78. The van der Waals surface area contributed by atoms with Crippen LogP contribution in [0.4, 0.5) is 0 Å². The number of fused-ring (bicyclic) bond motifs is 1. The Labute approximate surface area is 177 Å². The van der Waals surface area contributed by atoms with Crippen LogP contribution in [0.3, 0.4) is 0 Å². The largest absolute Gasteiger partial charge is 0.481 e. The number of thioether (sulfide) groups is 1. The van der Waals surface area contributed by atoms with Gasteiger partial charge in [-0.2, -0.15) is 0 Å². The number of aliphatic hydroxyl groups is 1. The molecule has 2 heterocycles. The van der Waals surface area contributed by atoms with Crippen LogP contribution >= 0.6 is 34.7 Å². The van der Waals surface area contributed by atoms with E-state index >= 15 is 0 Å². The first kappa shape index (κ1) is 21.2. The number of likely N-dealkylation sites (tertiary alicyclic amines) is 1. The molecule has 0 saturated carbocycles. The summed E-state index contributed by atoms with van der Waals surface area (Å²) in [5.74, 6) is -0.251. The number of halogens is 1. The molecule has 5 nitrogen and oxygen atoms in total. The average Bonchev–Trinajstić information content (AvgIpc) is 2.99. The number of carboxylic acids is 1. The molecule has 1 aliphatic rings. The highest BCUT2D eigenvalue weighted by molar-refractivity contribution is 8.01. The Morgan fingerprint density at radius 1 is 1.39 bits per heavy atom. The van der Waals surface area contributed by atoms with E-state index in [2.05, 4.69) is 0 Å². The summed E-state index contributed by atoms with van der Waals surface area (Å²) in [7, 11) is 0. The number of aliphatic hydroxyl groups excluding tert-OH is 1. The number of rotatable bonds is 10. The van der Waals surface area contributed by atoms with E-state index in [4.69, 9.17) is 16.7 Å². The molecule has 1 aromatic carbocycles. The fourth-order valence-electron chi connectivity index (χ4n) is 3.06. The Morgan fingerprint density at radius 2 is 2.18 bits per heavy atom. The molecule has 3 rings (SSSR count). The van der Waals surface area contributed by atoms with Crippen LogP contribution in [-0.2, 0) is 9.59 Å². The lowest BCUT2D eigenvalue weighted by atomic mass is 10.00. The lowest BCUT2D eigenvalue weighted by Gasteiger charge is -2.39. The van der Waals surface area contributed by atoms with Crippen molar-refractivity contribution in [3.63, 3.8) is 0 Å². The first-order valence-electron chi connectivity index (χ1n) is 9.13. The minimum Gasteiger partial charge on any atom is -0.481 e. The van der Waals surface area contributed by atoms with E-state index < -0.39 is 12.1 Å². The lowest BCUT2D eigenvalue weighted by Crippen LogP contribution is -2.51. The van der Waals surface area contributed by atoms with Crippen LogP contribution in [0.1, 0.15) is 25.7 Å². The van der Waals surface area contributed by atoms with Crippen LogP contribution in [0.2, 0.25) is 5.02 Å². The van der Waals surface area contributed by atoms with Gasteiger partial charge < -0.3 is 15.1 Å². The fraction of sp³-hybridized carbons (Fsp3) is 0.400. The van der Waals surface area contributed by atoms with E-state index in [0.717, 1.165) is 19.3 Å². The zero-order chi connectivity index (χ0) is 20.1. The van der Waals surface area contributed by atoms with Crippen molar-refractivity contribution in [3.05, 3.63) is 41.4 Å². The van der Waals surface area contributed by atoms with Gasteiger partial charge in [0.1, 0.15) is 0 Å². The third-order valence-corrected chi connectivity index (χ3v) is 7.75. The molecule has 150 valence electrons. The van der Waals surface area contributed by atoms with Crippen LogP contribution in [-0.4, -0.2) is 51.4 Å². The highest BCUT2D eigenvalue weighted by Gasteiger charge is 2.33. The van der Waals surface area contributed by atoms with Gasteiger partial charge in [-0.3, -0.25) is 9.59 Å². The van der Waals surface area contributed by atoms with Gasteiger partial charge in [-0.1, -0.05) is 42.0 Å². The molecule has 1 aromatic heterocycles. The minimum atomic E-state index is -0.814.